The Hall–Kier alpha value is -4.10. The molecule has 5 aromatic rings. The average molecular weight is 684 g/mol. The van der Waals surface area contributed by atoms with Crippen LogP contribution in [0.25, 0.3) is 21.3 Å². The highest BCUT2D eigenvalue weighted by Crippen LogP contribution is 2.41. The Kier molecular flexibility index (Phi) is 11.5. The minimum Gasteiger partial charge on any atom is -0.392 e. The fourth-order valence-electron chi connectivity index (χ4n) is 5.58. The third-order valence-electron chi connectivity index (χ3n) is 8.12. The zero-order chi connectivity index (χ0) is 33.3. The fourth-order valence-corrected chi connectivity index (χ4v) is 7.69. The van der Waals surface area contributed by atoms with Gasteiger partial charge in [0.15, 0.2) is 10.6 Å². The van der Waals surface area contributed by atoms with Gasteiger partial charge in [-0.2, -0.15) is 0 Å². The molecule has 1 aliphatic heterocycles. The van der Waals surface area contributed by atoms with Gasteiger partial charge < -0.3 is 19.9 Å². The zero-order valence-corrected chi connectivity index (χ0v) is 27.8. The molecule has 48 heavy (non-hydrogen) atoms. The van der Waals surface area contributed by atoms with Gasteiger partial charge in [-0.05, 0) is 58.5 Å². The molecule has 0 bridgehead atoms. The minimum atomic E-state index is -0.586. The number of thioether (sulfide) groups is 1. The standard InChI is InChI=1S/C37H37N3O6S2/c41-22-24-14-16-26(17-15-24)32-20-30(23-47-37-39-31-10-1-2-11-33(31)48-37)45-36(46-32)29-9-4-8-28(19-29)27-7-3-6-25(18-27)21-38-34(42)12-5-13-35(43)40-44/h1-4,6-11,14-19,30,32,36,41,44H,5,12-13,20-23H2,(H,38,42)(H,40,43)/t30-,32+,36+/m0/s1. The second kappa shape index (κ2) is 16.3. The molecule has 0 spiro atoms. The molecule has 9 nitrogen and oxygen atoms in total. The molecule has 11 heteroatoms. The number of benzene rings is 4. The monoisotopic (exact) mass is 683 g/mol. The van der Waals surface area contributed by atoms with Gasteiger partial charge in [0, 0.05) is 37.1 Å². The normalized spacial score (nSPS) is 17.7. The number of amides is 2. The van der Waals surface area contributed by atoms with Crippen LogP contribution in [0.4, 0.5) is 0 Å². The van der Waals surface area contributed by atoms with Crippen LogP contribution in [-0.4, -0.2) is 39.0 Å². The van der Waals surface area contributed by atoms with Crippen LogP contribution in [0, 0.1) is 0 Å². The van der Waals surface area contributed by atoms with Crippen molar-refractivity contribution in [2.75, 3.05) is 5.75 Å². The van der Waals surface area contributed by atoms with E-state index in [0.29, 0.717) is 19.4 Å². The summed E-state index contributed by atoms with van der Waals surface area (Å²) in [4.78, 5) is 28.2. The first-order chi connectivity index (χ1) is 23.5. The number of fused-ring (bicyclic) bond motifs is 1. The van der Waals surface area contributed by atoms with Gasteiger partial charge in [-0.15, -0.1) is 11.3 Å². The van der Waals surface area contributed by atoms with Gasteiger partial charge in [-0.1, -0.05) is 84.6 Å². The van der Waals surface area contributed by atoms with E-state index in [-0.39, 0.29) is 37.6 Å². The van der Waals surface area contributed by atoms with Crippen LogP contribution in [0.2, 0.25) is 0 Å². The lowest BCUT2D eigenvalue weighted by molar-refractivity contribution is -0.245. The van der Waals surface area contributed by atoms with Crippen LogP contribution in [0.3, 0.4) is 0 Å². The molecular formula is C37H37N3O6S2. The first kappa shape index (κ1) is 33.8. The molecule has 1 aromatic heterocycles. The molecule has 0 radical (unpaired) electrons. The number of para-hydroxylation sites is 1. The molecule has 248 valence electrons. The van der Waals surface area contributed by atoms with E-state index in [1.807, 2.05) is 84.9 Å². The maximum atomic E-state index is 12.3. The number of rotatable bonds is 13. The third-order valence-corrected chi connectivity index (χ3v) is 10.4. The third kappa shape index (κ3) is 8.87. The fraction of sp³-hybridized carbons (Fsp3) is 0.270. The first-order valence-electron chi connectivity index (χ1n) is 15.9. The number of hydrogen-bond acceptors (Lipinski definition) is 9. The summed E-state index contributed by atoms with van der Waals surface area (Å²) in [5.41, 5.74) is 8.33. The molecule has 2 heterocycles. The van der Waals surface area contributed by atoms with Crippen LogP contribution < -0.4 is 10.8 Å². The van der Waals surface area contributed by atoms with Gasteiger partial charge in [0.25, 0.3) is 0 Å². The highest BCUT2D eigenvalue weighted by atomic mass is 32.2. The molecule has 1 saturated heterocycles. The van der Waals surface area contributed by atoms with Gasteiger partial charge in [0.05, 0.1) is 29.0 Å². The summed E-state index contributed by atoms with van der Waals surface area (Å²) >= 11 is 3.39. The summed E-state index contributed by atoms with van der Waals surface area (Å²) in [6, 6.07) is 32.2. The number of aliphatic hydroxyl groups is 1. The van der Waals surface area contributed by atoms with Crippen molar-refractivity contribution in [2.24, 2.45) is 0 Å². The Bertz CT molecular complexity index is 1810. The molecule has 0 unspecified atom stereocenters. The lowest BCUT2D eigenvalue weighted by Crippen LogP contribution is -2.31. The highest BCUT2D eigenvalue weighted by molar-refractivity contribution is 8.01. The Morgan fingerprint density at radius 2 is 1.62 bits per heavy atom. The van der Waals surface area contributed by atoms with E-state index in [0.717, 1.165) is 49.0 Å². The summed E-state index contributed by atoms with van der Waals surface area (Å²) in [6.45, 7) is 0.350. The smallest absolute Gasteiger partial charge is 0.243 e. The van der Waals surface area contributed by atoms with E-state index in [1.54, 1.807) is 28.6 Å². The van der Waals surface area contributed by atoms with Crippen molar-refractivity contribution in [1.29, 1.82) is 0 Å². The summed E-state index contributed by atoms with van der Waals surface area (Å²) < 4.78 is 15.4. The molecular weight excluding hydrogens is 647 g/mol. The topological polar surface area (TPSA) is 130 Å². The number of thiazole rings is 1. The average Bonchev–Trinajstić information content (AvgIpc) is 3.56. The van der Waals surface area contributed by atoms with Crippen LogP contribution in [-0.2, 0) is 32.2 Å². The van der Waals surface area contributed by atoms with Gasteiger partial charge in [0.1, 0.15) is 0 Å². The zero-order valence-electron chi connectivity index (χ0n) is 26.2. The van der Waals surface area contributed by atoms with E-state index >= 15 is 0 Å². The number of nitrogens with zero attached hydrogens (tertiary/aromatic N) is 1. The van der Waals surface area contributed by atoms with E-state index in [4.69, 9.17) is 19.7 Å². The van der Waals surface area contributed by atoms with E-state index in [1.165, 1.54) is 4.70 Å². The summed E-state index contributed by atoms with van der Waals surface area (Å²) in [5.74, 6) is 0.0662. The number of aliphatic hydroxyl groups excluding tert-OH is 1. The minimum absolute atomic E-state index is 0.00909. The van der Waals surface area contributed by atoms with Crippen molar-refractivity contribution >= 4 is 45.1 Å². The number of carbonyl (C=O) groups is 2. The van der Waals surface area contributed by atoms with Gasteiger partial charge in [-0.25, -0.2) is 10.5 Å². The Labute approximate surface area is 287 Å². The van der Waals surface area contributed by atoms with Crippen molar-refractivity contribution in [3.8, 4) is 11.1 Å². The largest absolute Gasteiger partial charge is 0.392 e. The number of nitrogens with one attached hydrogen (secondary N) is 2. The van der Waals surface area contributed by atoms with Crippen molar-refractivity contribution in [1.82, 2.24) is 15.8 Å². The SMILES string of the molecule is O=C(CCCC(=O)NCc1cccc(-c2cccc([C@@H]3O[C@H](CSc4nc5ccccc5s4)C[C@H](c4ccc(CO)cc4)O3)c2)c1)NO. The molecule has 3 atom stereocenters. The van der Waals surface area contributed by atoms with Crippen molar-refractivity contribution in [2.45, 2.75) is 61.7 Å². The second-order valence-corrected chi connectivity index (χ2v) is 13.9. The van der Waals surface area contributed by atoms with Crippen molar-refractivity contribution in [3.05, 3.63) is 119 Å². The summed E-state index contributed by atoms with van der Waals surface area (Å²) in [7, 11) is 0. The number of aromatic nitrogens is 1. The van der Waals surface area contributed by atoms with Gasteiger partial charge in [-0.3, -0.25) is 14.8 Å². The van der Waals surface area contributed by atoms with E-state index < -0.39 is 12.2 Å². The van der Waals surface area contributed by atoms with Crippen molar-refractivity contribution in [3.63, 3.8) is 0 Å². The van der Waals surface area contributed by atoms with Crippen molar-refractivity contribution < 1.29 is 29.4 Å². The lowest BCUT2D eigenvalue weighted by atomic mass is 9.99. The van der Waals surface area contributed by atoms with Gasteiger partial charge >= 0.3 is 0 Å². The van der Waals surface area contributed by atoms with E-state index in [9.17, 15) is 14.7 Å². The Morgan fingerprint density at radius 1 is 0.854 bits per heavy atom. The molecule has 0 saturated carbocycles. The number of ether oxygens (including phenoxy) is 2. The number of hydrogen-bond donors (Lipinski definition) is 4. The van der Waals surface area contributed by atoms with Gasteiger partial charge in [0.2, 0.25) is 11.8 Å². The maximum absolute atomic E-state index is 12.3. The summed E-state index contributed by atoms with van der Waals surface area (Å²) in [6.07, 6.45) is 0.467. The maximum Gasteiger partial charge on any atom is 0.243 e. The molecule has 4 N–H and O–H groups in total. The molecule has 6 rings (SSSR count). The van der Waals surface area contributed by atoms with Crippen LogP contribution in [0.15, 0.2) is 101 Å². The quantitative estimate of drug-likeness (QED) is 0.0589. The summed E-state index contributed by atoms with van der Waals surface area (Å²) in [5, 5.41) is 21.1. The van der Waals surface area contributed by atoms with Crippen LogP contribution >= 0.6 is 23.1 Å². The number of carbonyl (C=O) groups excluding carboxylic acids is 2. The molecule has 1 aliphatic rings. The van der Waals surface area contributed by atoms with Crippen LogP contribution in [0.5, 0.6) is 0 Å². The predicted octanol–water partition coefficient (Wildman–Crippen LogP) is 7.09. The molecule has 2 amide bonds. The number of hydroxylamine groups is 1. The molecule has 4 aromatic carbocycles. The van der Waals surface area contributed by atoms with Crippen LogP contribution in [0.1, 0.15) is 60.3 Å². The lowest BCUT2D eigenvalue weighted by Gasteiger charge is -2.36. The Morgan fingerprint density at radius 3 is 2.42 bits per heavy atom. The Balaban J connectivity index is 1.16. The second-order valence-electron chi connectivity index (χ2n) is 11.6. The highest BCUT2D eigenvalue weighted by Gasteiger charge is 2.32. The predicted molar refractivity (Wildman–Crippen MR) is 186 cm³/mol. The molecule has 0 aliphatic carbocycles. The van der Waals surface area contributed by atoms with E-state index in [2.05, 4.69) is 17.4 Å². The first-order valence-corrected chi connectivity index (χ1v) is 17.7. The molecule has 1 fully saturated rings.